The topological polar surface area (TPSA) is 306 Å². The predicted molar refractivity (Wildman–Crippen MR) is 273 cm³/mol. The Balaban J connectivity index is 1.89. The van der Waals surface area contributed by atoms with E-state index in [0.717, 1.165) is 87.8 Å². The largest absolute Gasteiger partial charge is 0.481 e. The number of nitrogen functional groups attached to an aromatic ring is 1. The molecule has 1 aliphatic heterocycles. The average Bonchev–Trinajstić information content (AvgIpc) is 3.60. The van der Waals surface area contributed by atoms with Crippen LogP contribution >= 0.6 is 15.6 Å². The second-order valence-corrected chi connectivity index (χ2v) is 20.0. The molecule has 2 heterocycles. The number of carbonyl (C=O) groups excluding carboxylic acids is 2. The highest BCUT2D eigenvalue weighted by Crippen LogP contribution is 2.60. The summed E-state index contributed by atoms with van der Waals surface area (Å²) in [6, 6.07) is 1.23. The van der Waals surface area contributed by atoms with Crippen molar-refractivity contribution in [2.45, 2.75) is 172 Å². The number of rotatable bonds is 39. The van der Waals surface area contributed by atoms with Crippen LogP contribution in [0.1, 0.15) is 136 Å². The lowest BCUT2D eigenvalue weighted by Gasteiger charge is -2.21. The number of nitrogens with two attached hydrogens (primary N) is 1. The monoisotopic (exact) mass is 1060 g/mol. The summed E-state index contributed by atoms with van der Waals surface area (Å²) in [6.45, 7) is 1.69. The minimum atomic E-state index is -5.49. The van der Waals surface area contributed by atoms with Crippen LogP contribution in [-0.2, 0) is 46.3 Å². The second kappa shape index (κ2) is 37.6. The molecule has 1 aromatic heterocycles. The maximum atomic E-state index is 12.9. The Kier molecular flexibility index (Phi) is 33.4. The molecule has 0 radical (unpaired) electrons. The third-order valence-electron chi connectivity index (χ3n) is 10.7. The van der Waals surface area contributed by atoms with Gasteiger partial charge >= 0.3 is 33.3 Å². The number of phosphoric ester groups is 2. The van der Waals surface area contributed by atoms with E-state index in [1.165, 1.54) is 6.07 Å². The number of anilines is 1. The van der Waals surface area contributed by atoms with Crippen LogP contribution in [0, 0.1) is 0 Å². The maximum absolute atomic E-state index is 12.9. The van der Waals surface area contributed by atoms with Gasteiger partial charge in [-0.25, -0.2) is 13.9 Å². The first kappa shape index (κ1) is 64.0. The lowest BCUT2D eigenvalue weighted by molar-refractivity contribution is -0.161. The number of nitrogens with zero attached hydrogens (tertiary/aromatic N) is 2. The molecule has 1 saturated heterocycles. The van der Waals surface area contributed by atoms with E-state index in [0.29, 0.717) is 12.8 Å². The third-order valence-corrected chi connectivity index (χ3v) is 13.3. The van der Waals surface area contributed by atoms with Gasteiger partial charge in [0, 0.05) is 19.0 Å². The van der Waals surface area contributed by atoms with Gasteiger partial charge in [-0.15, -0.1) is 0 Å². The van der Waals surface area contributed by atoms with Crippen molar-refractivity contribution in [2.75, 3.05) is 25.6 Å². The normalized spacial score (nSPS) is 20.7. The highest BCUT2D eigenvalue weighted by atomic mass is 31.3. The Morgan fingerprint density at radius 3 is 2.01 bits per heavy atom. The fraction of sp³-hybridized carbons (Fsp3) is 0.600. The number of ether oxygens (including phenoxy) is 3. The Bertz CT molecular complexity index is 2070. The van der Waals surface area contributed by atoms with Crippen molar-refractivity contribution in [1.29, 1.82) is 0 Å². The summed E-state index contributed by atoms with van der Waals surface area (Å²) in [4.78, 5) is 61.9. The minimum Gasteiger partial charge on any atom is -0.462 e. The Hall–Kier alpha value is -4.14. The van der Waals surface area contributed by atoms with Crippen LogP contribution in [0.2, 0.25) is 0 Å². The molecule has 8 N–H and O–H groups in total. The van der Waals surface area contributed by atoms with E-state index < -0.39 is 95.9 Å². The number of unbranched alkanes of at least 4 members (excludes halogenated alkanes) is 7. The predicted octanol–water partition coefficient (Wildman–Crippen LogP) is 7.83. The SMILES string of the molecule is CC/C=C\C/C=C\C/C=C\CCCCCCCC(=O)OC[C@H](COP(=O)(O)OP(=O)(O)OC[C@H]1O[C@@H](n2ccc(N)nc2=O)[C@H](O)[C@@H]1O)OC(=O)CCC[C@H](O)/C=C/C=C\C/C=C\C=C\[C@H](O)CCCCC. The first-order valence-corrected chi connectivity index (χ1v) is 27.8. The molecule has 0 amide bonds. The Labute approximate surface area is 423 Å². The van der Waals surface area contributed by atoms with E-state index >= 15 is 0 Å². The van der Waals surface area contributed by atoms with Gasteiger partial charge in [0.1, 0.15) is 30.7 Å². The van der Waals surface area contributed by atoms with Gasteiger partial charge in [0.05, 0.1) is 25.4 Å². The van der Waals surface area contributed by atoms with Crippen LogP contribution in [0.25, 0.3) is 0 Å². The van der Waals surface area contributed by atoms with Crippen molar-refractivity contribution < 1.29 is 76.5 Å². The molecule has 0 bridgehead atoms. The first-order chi connectivity index (χ1) is 34.5. The lowest BCUT2D eigenvalue weighted by Crippen LogP contribution is -2.36. The number of carbonyl (C=O) groups is 2. The smallest absolute Gasteiger partial charge is 0.462 e. The summed E-state index contributed by atoms with van der Waals surface area (Å²) in [5.41, 5.74) is 4.56. The summed E-state index contributed by atoms with van der Waals surface area (Å²) in [5, 5.41) is 41.2. The van der Waals surface area contributed by atoms with Crippen molar-refractivity contribution in [3.8, 4) is 0 Å². The van der Waals surface area contributed by atoms with Gasteiger partial charge in [-0.1, -0.05) is 137 Å². The number of hydrogen-bond donors (Lipinski definition) is 7. The number of phosphoric acid groups is 2. The van der Waals surface area contributed by atoms with Crippen LogP contribution in [0.4, 0.5) is 5.82 Å². The molecule has 20 nitrogen and oxygen atoms in total. The number of aromatic nitrogens is 2. The van der Waals surface area contributed by atoms with Gasteiger partial charge in [-0.3, -0.25) is 23.2 Å². The third kappa shape index (κ3) is 30.2. The molecular weight excluding hydrogens is 977 g/mol. The zero-order chi connectivity index (χ0) is 53.0. The van der Waals surface area contributed by atoms with Gasteiger partial charge < -0.3 is 50.2 Å². The zero-order valence-electron chi connectivity index (χ0n) is 41.7. The van der Waals surface area contributed by atoms with E-state index in [1.807, 2.05) is 24.3 Å². The van der Waals surface area contributed by atoms with Gasteiger partial charge in [-0.2, -0.15) is 9.29 Å². The van der Waals surface area contributed by atoms with E-state index in [9.17, 15) is 53.7 Å². The van der Waals surface area contributed by atoms with Crippen LogP contribution < -0.4 is 11.4 Å². The standard InChI is InChI=1S/C50H79N3O17P2/c1-3-5-7-8-9-10-11-12-13-14-15-16-20-23-27-33-45(56)65-37-42(68-46(57)34-28-32-41(55)31-26-22-19-17-18-21-25-30-40(54)29-24-6-4-2)38-66-71(61,62)70-72(63,64)67-39-43-47(58)48(59)49(69-43)53-36-35-44(51)52-50(53)60/h5,7,9-10,12-13,18-19,21-22,25-26,30-31,35-36,40-43,47-49,54-55,58-59H,3-4,6,8,11,14-17,20,23-24,27-29,32-34,37-39H2,1-2H3,(H,61,62)(H,63,64)(H2,51,52,60)/b7-5-,10-9-,13-12-,21-18-,22-19-,30-25+,31-26+/t40-,41-,42-,43-,47-,48-,49-/m1/s1. The van der Waals surface area contributed by atoms with Gasteiger partial charge in [0.2, 0.25) is 0 Å². The maximum Gasteiger partial charge on any atom is 0.481 e. The van der Waals surface area contributed by atoms with Crippen molar-refractivity contribution in [2.24, 2.45) is 0 Å². The summed E-state index contributed by atoms with van der Waals surface area (Å²) in [5.74, 6) is -1.57. The lowest BCUT2D eigenvalue weighted by atomic mass is 10.1. The molecule has 0 aliphatic carbocycles. The number of hydrogen-bond acceptors (Lipinski definition) is 17. The Morgan fingerprint density at radius 2 is 1.35 bits per heavy atom. The van der Waals surface area contributed by atoms with Gasteiger partial charge in [0.15, 0.2) is 12.3 Å². The second-order valence-electron chi connectivity index (χ2n) is 17.0. The molecule has 0 aromatic carbocycles. The van der Waals surface area contributed by atoms with Crippen LogP contribution in [0.3, 0.4) is 0 Å². The molecule has 2 rings (SSSR count). The van der Waals surface area contributed by atoms with Crippen LogP contribution in [0.5, 0.6) is 0 Å². The highest BCUT2D eigenvalue weighted by molar-refractivity contribution is 7.61. The van der Waals surface area contributed by atoms with Crippen molar-refractivity contribution in [3.05, 3.63) is 108 Å². The molecule has 0 saturated carbocycles. The van der Waals surface area contributed by atoms with E-state index in [-0.39, 0.29) is 31.5 Å². The summed E-state index contributed by atoms with van der Waals surface area (Å²) < 4.78 is 56.5. The fourth-order valence-corrected chi connectivity index (χ4v) is 8.89. The Morgan fingerprint density at radius 1 is 0.750 bits per heavy atom. The molecule has 2 unspecified atom stereocenters. The summed E-state index contributed by atoms with van der Waals surface area (Å²) >= 11 is 0. The molecule has 1 aliphatic rings. The number of aliphatic hydroxyl groups excluding tert-OH is 4. The average molecular weight is 1060 g/mol. The zero-order valence-corrected chi connectivity index (χ0v) is 43.5. The molecule has 406 valence electrons. The minimum absolute atomic E-state index is 0.0531. The number of aliphatic hydroxyl groups is 4. The molecule has 1 aromatic rings. The molecular formula is C50H79N3O17P2. The summed E-state index contributed by atoms with van der Waals surface area (Å²) in [7, 11) is -11.0. The van der Waals surface area contributed by atoms with Gasteiger partial charge in [0.25, 0.3) is 0 Å². The van der Waals surface area contributed by atoms with Crippen molar-refractivity contribution >= 4 is 33.4 Å². The van der Waals surface area contributed by atoms with Crippen molar-refractivity contribution in [1.82, 2.24) is 9.55 Å². The highest BCUT2D eigenvalue weighted by Gasteiger charge is 2.46. The molecule has 22 heteroatoms. The van der Waals surface area contributed by atoms with Crippen LogP contribution in [0.15, 0.2) is 102 Å². The van der Waals surface area contributed by atoms with Crippen LogP contribution in [-0.4, -0.2) is 108 Å². The molecule has 9 atom stereocenters. The van der Waals surface area contributed by atoms with E-state index in [2.05, 4.69) is 59.6 Å². The quantitative estimate of drug-likeness (QED) is 0.0109. The van der Waals surface area contributed by atoms with E-state index in [1.54, 1.807) is 24.3 Å². The molecule has 1 fully saturated rings. The number of allylic oxidation sites excluding steroid dienone is 12. The number of esters is 2. The summed E-state index contributed by atoms with van der Waals surface area (Å²) in [6.07, 6.45) is 31.6. The van der Waals surface area contributed by atoms with Crippen molar-refractivity contribution in [3.63, 3.8) is 0 Å². The van der Waals surface area contributed by atoms with Gasteiger partial charge in [-0.05, 0) is 70.3 Å². The first-order valence-electron chi connectivity index (χ1n) is 24.8. The fourth-order valence-electron chi connectivity index (χ4n) is 6.78. The van der Waals surface area contributed by atoms with E-state index in [4.69, 9.17) is 29.0 Å². The molecule has 72 heavy (non-hydrogen) atoms. The molecule has 0 spiro atoms.